The van der Waals surface area contributed by atoms with Crippen molar-refractivity contribution in [1.82, 2.24) is 0 Å². The molecule has 2 saturated heterocycles. The fourth-order valence-electron chi connectivity index (χ4n) is 7.06. The molecule has 0 spiro atoms. The summed E-state index contributed by atoms with van der Waals surface area (Å²) in [5, 5.41) is 15.5. The molecule has 0 unspecified atom stereocenters. The Kier molecular flexibility index (Phi) is 19.6. The van der Waals surface area contributed by atoms with Crippen LogP contribution in [-0.2, 0) is 79.5 Å². The maximum atomic E-state index is 13.5. The van der Waals surface area contributed by atoms with E-state index in [0.29, 0.717) is 5.56 Å². The SMILES string of the molecule is COC(=O)[C@@H]1O[C@@H](O[C@H]2[C@H](OCc3ccccc3)[C@@H](N=[N+]=[N-])[C@H](O[Si](C)(C)C(C)(C)C(C)C)O[C@@H]2COC(=O)CCC(C)=O)[C@H](OC(=O)CCC(C)=O)[C@@H](OCc2ccccc2)[C@@H]1O. The Morgan fingerprint density at radius 3 is 1.86 bits per heavy atom. The summed E-state index contributed by atoms with van der Waals surface area (Å²) in [6.07, 6.45) is -14.6. The highest BCUT2D eigenvalue weighted by Crippen LogP contribution is 2.46. The van der Waals surface area contributed by atoms with E-state index in [0.717, 1.165) is 12.7 Å². The number of aliphatic hydroxyl groups is 1. The highest BCUT2D eigenvalue weighted by molar-refractivity contribution is 6.74. The third-order valence-electron chi connectivity index (χ3n) is 12.1. The lowest BCUT2D eigenvalue weighted by molar-refractivity contribution is -0.346. The second-order valence-corrected chi connectivity index (χ2v) is 21.9. The van der Waals surface area contributed by atoms with Crippen molar-refractivity contribution in [2.75, 3.05) is 13.7 Å². The molecule has 10 atom stereocenters. The van der Waals surface area contributed by atoms with Gasteiger partial charge in [-0.05, 0) is 54.6 Å². The molecule has 2 aliphatic heterocycles. The van der Waals surface area contributed by atoms with Gasteiger partial charge in [0.15, 0.2) is 33.1 Å². The van der Waals surface area contributed by atoms with Crippen LogP contribution in [0.15, 0.2) is 65.8 Å². The highest BCUT2D eigenvalue weighted by Gasteiger charge is 2.57. The predicted molar refractivity (Wildman–Crippen MR) is 231 cm³/mol. The first-order valence-corrected chi connectivity index (χ1v) is 24.3. The summed E-state index contributed by atoms with van der Waals surface area (Å²) in [5.74, 6) is -2.96. The van der Waals surface area contributed by atoms with Crippen LogP contribution in [0, 0.1) is 5.92 Å². The molecular weight excluding hydrogens is 851 g/mol. The number of esters is 3. The van der Waals surface area contributed by atoms with Gasteiger partial charge in [0, 0.05) is 17.8 Å². The van der Waals surface area contributed by atoms with E-state index >= 15 is 0 Å². The Morgan fingerprint density at radius 2 is 1.34 bits per heavy atom. The molecular formula is C45H63N3O15Si. The third kappa shape index (κ3) is 14.2. The van der Waals surface area contributed by atoms with Gasteiger partial charge in [0.05, 0.1) is 33.2 Å². The van der Waals surface area contributed by atoms with E-state index in [1.807, 2.05) is 43.4 Å². The smallest absolute Gasteiger partial charge is 0.337 e. The van der Waals surface area contributed by atoms with Crippen LogP contribution in [0.4, 0.5) is 0 Å². The first kappa shape index (κ1) is 52.1. The molecule has 0 saturated carbocycles. The molecule has 352 valence electrons. The van der Waals surface area contributed by atoms with Crippen LogP contribution in [-0.4, -0.2) is 118 Å². The second-order valence-electron chi connectivity index (χ2n) is 17.3. The zero-order valence-electron chi connectivity index (χ0n) is 38.1. The van der Waals surface area contributed by atoms with E-state index in [4.69, 9.17) is 42.3 Å². The first-order valence-electron chi connectivity index (χ1n) is 21.4. The Hall–Kier alpha value is -4.56. The number of benzene rings is 2. The Bertz CT molecular complexity index is 1910. The Morgan fingerprint density at radius 1 is 0.797 bits per heavy atom. The van der Waals surface area contributed by atoms with Crippen LogP contribution >= 0.6 is 0 Å². The van der Waals surface area contributed by atoms with Gasteiger partial charge in [0.25, 0.3) is 0 Å². The van der Waals surface area contributed by atoms with Crippen molar-refractivity contribution < 1.29 is 71.4 Å². The molecule has 0 radical (unpaired) electrons. The topological polar surface area (TPSA) is 237 Å². The number of rotatable bonds is 23. The summed E-state index contributed by atoms with van der Waals surface area (Å²) in [5.41, 5.74) is 11.5. The number of ether oxygens (including phenoxy) is 8. The molecule has 0 bridgehead atoms. The molecule has 2 fully saturated rings. The highest BCUT2D eigenvalue weighted by atomic mass is 28.4. The lowest BCUT2D eigenvalue weighted by atomic mass is 9.95. The van der Waals surface area contributed by atoms with E-state index < -0.39 is 94.2 Å². The molecule has 1 N–H and O–H groups in total. The molecule has 2 aromatic rings. The Balaban J connectivity index is 1.88. The van der Waals surface area contributed by atoms with E-state index in [2.05, 4.69) is 37.7 Å². The molecule has 64 heavy (non-hydrogen) atoms. The largest absolute Gasteiger partial charge is 0.467 e. The lowest BCUT2D eigenvalue weighted by Gasteiger charge is -2.51. The number of aliphatic hydroxyl groups excluding tert-OH is 1. The minimum absolute atomic E-state index is 0.0553. The van der Waals surface area contributed by atoms with Crippen LogP contribution < -0.4 is 0 Å². The van der Waals surface area contributed by atoms with Gasteiger partial charge in [-0.15, -0.1) is 0 Å². The standard InChI is InChI=1S/C45H63N3O15Si/c1-27(2)45(5,6)64(8,9)63-43-35(47-48-46)38(57-24-30-16-12-10-13-17-30)37(32(59-43)26-56-33(51)22-20-28(3)49)61-44-41(60-34(52)23-21-29(4)50)39(36(53)40(62-44)42(54)55-7)58-25-31-18-14-11-15-19-31/h10-19,27,32,35-41,43-44,53H,20-26H2,1-9H3/t32-,35-,36+,37-,38-,39+,40-,41-,43+,44-/m1/s1. The number of methoxy groups -OCH3 is 1. The van der Waals surface area contributed by atoms with Crippen molar-refractivity contribution >= 4 is 37.8 Å². The number of hydrogen-bond donors (Lipinski definition) is 1. The Labute approximate surface area is 375 Å². The predicted octanol–water partition coefficient (Wildman–Crippen LogP) is 6.06. The van der Waals surface area contributed by atoms with Crippen molar-refractivity contribution in [2.45, 2.75) is 160 Å². The molecule has 0 aliphatic carbocycles. The number of nitrogens with zero attached hydrogens (tertiary/aromatic N) is 3. The van der Waals surface area contributed by atoms with Crippen LogP contribution in [0.2, 0.25) is 18.1 Å². The first-order chi connectivity index (χ1) is 30.3. The van der Waals surface area contributed by atoms with Crippen molar-refractivity contribution in [1.29, 1.82) is 0 Å². The fraction of sp³-hybridized carbons (Fsp3) is 0.622. The average Bonchev–Trinajstić information content (AvgIpc) is 3.25. The van der Waals surface area contributed by atoms with Crippen LogP contribution in [0.25, 0.3) is 10.4 Å². The quantitative estimate of drug-likeness (QED) is 0.0333. The normalized spacial score (nSPS) is 26.0. The van der Waals surface area contributed by atoms with Gasteiger partial charge in [-0.25, -0.2) is 4.79 Å². The number of ketones is 2. The van der Waals surface area contributed by atoms with Crippen molar-refractivity contribution in [3.63, 3.8) is 0 Å². The van der Waals surface area contributed by atoms with Crippen molar-refractivity contribution in [3.05, 3.63) is 82.2 Å². The van der Waals surface area contributed by atoms with Gasteiger partial charge in [-0.2, -0.15) is 0 Å². The van der Waals surface area contributed by atoms with Gasteiger partial charge in [-0.3, -0.25) is 9.59 Å². The van der Waals surface area contributed by atoms with E-state index in [9.17, 15) is 34.6 Å². The molecule has 2 aliphatic rings. The minimum Gasteiger partial charge on any atom is -0.467 e. The molecule has 19 heteroatoms. The van der Waals surface area contributed by atoms with Crippen molar-refractivity contribution in [3.8, 4) is 0 Å². The fourth-order valence-corrected chi connectivity index (χ4v) is 9.53. The van der Waals surface area contributed by atoms with E-state index in [-0.39, 0.29) is 61.4 Å². The maximum Gasteiger partial charge on any atom is 0.337 e. The maximum absolute atomic E-state index is 13.5. The minimum atomic E-state index is -2.81. The van der Waals surface area contributed by atoms with Crippen LogP contribution in [0.5, 0.6) is 0 Å². The van der Waals surface area contributed by atoms with Crippen LogP contribution in [0.3, 0.4) is 0 Å². The van der Waals surface area contributed by atoms with Gasteiger partial charge in [-0.1, -0.05) is 93.5 Å². The number of azide groups is 1. The van der Waals surface area contributed by atoms with Gasteiger partial charge in [0.1, 0.15) is 54.7 Å². The molecule has 0 amide bonds. The van der Waals surface area contributed by atoms with Gasteiger partial charge < -0.3 is 57.0 Å². The lowest BCUT2D eigenvalue weighted by Crippen LogP contribution is -2.67. The average molecular weight is 914 g/mol. The summed E-state index contributed by atoms with van der Waals surface area (Å²) in [4.78, 5) is 66.7. The summed E-state index contributed by atoms with van der Waals surface area (Å²) >= 11 is 0. The summed E-state index contributed by atoms with van der Waals surface area (Å²) < 4.78 is 55.9. The number of hydrogen-bond acceptors (Lipinski definition) is 16. The zero-order chi connectivity index (χ0) is 47.2. The molecule has 4 rings (SSSR count). The summed E-state index contributed by atoms with van der Waals surface area (Å²) in [7, 11) is -1.72. The molecule has 18 nitrogen and oxygen atoms in total. The monoisotopic (exact) mass is 913 g/mol. The van der Waals surface area contributed by atoms with Gasteiger partial charge in [0.2, 0.25) is 0 Å². The van der Waals surface area contributed by atoms with Crippen molar-refractivity contribution in [2.24, 2.45) is 11.0 Å². The van der Waals surface area contributed by atoms with E-state index in [1.54, 1.807) is 30.3 Å². The molecule has 2 aromatic carbocycles. The van der Waals surface area contributed by atoms with Crippen LogP contribution in [0.1, 0.15) is 78.4 Å². The third-order valence-corrected chi connectivity index (χ3v) is 16.6. The summed E-state index contributed by atoms with van der Waals surface area (Å²) in [6, 6.07) is 16.7. The van der Waals surface area contributed by atoms with Gasteiger partial charge >= 0.3 is 17.9 Å². The second kappa shape index (κ2) is 24.1. The molecule has 2 heterocycles. The summed E-state index contributed by atoms with van der Waals surface area (Å²) in [6.45, 7) is 14.3. The number of carbonyl (C=O) groups is 5. The molecule has 0 aromatic heterocycles. The van der Waals surface area contributed by atoms with E-state index in [1.165, 1.54) is 13.8 Å². The number of carbonyl (C=O) groups excluding carboxylic acids is 5. The number of Topliss-reactive ketones (excluding diaryl/α,β-unsaturated/α-hetero) is 2. The zero-order valence-corrected chi connectivity index (χ0v) is 39.1.